The molecule has 1 atom stereocenters. The van der Waals surface area contributed by atoms with Crippen LogP contribution in [0.3, 0.4) is 0 Å². The van der Waals surface area contributed by atoms with Crippen LogP contribution in [0.1, 0.15) is 18.0 Å². The van der Waals surface area contributed by atoms with Gasteiger partial charge in [0.1, 0.15) is 5.75 Å². The second-order valence-electron chi connectivity index (χ2n) is 4.81. The summed E-state index contributed by atoms with van der Waals surface area (Å²) in [5.74, 6) is 1.15. The van der Waals surface area contributed by atoms with Gasteiger partial charge in [0.15, 0.2) is 5.96 Å². The van der Waals surface area contributed by atoms with Crippen LogP contribution in [0.4, 0.5) is 0 Å². The normalized spacial score (nSPS) is 18.7. The van der Waals surface area contributed by atoms with Crippen LogP contribution in [0.2, 0.25) is 0 Å². The molecule has 1 aromatic carbocycles. The molecule has 0 aliphatic carbocycles. The highest BCUT2D eigenvalue weighted by Crippen LogP contribution is 2.31. The van der Waals surface area contributed by atoms with E-state index in [0.717, 1.165) is 24.0 Å². The smallest absolute Gasteiger partial charge is 0.208 e. The van der Waals surface area contributed by atoms with Crippen LogP contribution >= 0.6 is 0 Å². The molecule has 2 rings (SSSR count). The number of fused-ring (bicyclic) bond motifs is 1. The maximum atomic E-state index is 10.9. The SMILES string of the molecule is CS(=O)(=O)NCCN=C(N)NC1CCOc2ccccc21. The minimum atomic E-state index is -3.19. The van der Waals surface area contributed by atoms with E-state index in [9.17, 15) is 8.42 Å². The predicted molar refractivity (Wildman–Crippen MR) is 81.8 cm³/mol. The Hall–Kier alpha value is -1.80. The number of sulfonamides is 1. The average Bonchev–Trinajstić information content (AvgIpc) is 2.43. The highest BCUT2D eigenvalue weighted by atomic mass is 32.2. The summed E-state index contributed by atoms with van der Waals surface area (Å²) in [6.45, 7) is 1.14. The van der Waals surface area contributed by atoms with Crippen molar-refractivity contribution in [1.82, 2.24) is 10.0 Å². The monoisotopic (exact) mass is 312 g/mol. The van der Waals surface area contributed by atoms with Crippen LogP contribution in [0, 0.1) is 0 Å². The van der Waals surface area contributed by atoms with Crippen LogP contribution in [0.15, 0.2) is 29.3 Å². The van der Waals surface area contributed by atoms with E-state index >= 15 is 0 Å². The molecule has 0 bridgehead atoms. The Kier molecular flexibility index (Phi) is 5.03. The molecule has 21 heavy (non-hydrogen) atoms. The number of benzene rings is 1. The van der Waals surface area contributed by atoms with Gasteiger partial charge in [-0.05, 0) is 6.07 Å². The fourth-order valence-corrected chi connectivity index (χ4v) is 2.59. The highest BCUT2D eigenvalue weighted by Gasteiger charge is 2.21. The molecule has 0 saturated carbocycles. The molecule has 0 fully saturated rings. The minimum Gasteiger partial charge on any atom is -0.493 e. The van der Waals surface area contributed by atoms with Gasteiger partial charge in [-0.2, -0.15) is 0 Å². The van der Waals surface area contributed by atoms with E-state index < -0.39 is 10.0 Å². The summed E-state index contributed by atoms with van der Waals surface area (Å²) in [4.78, 5) is 4.11. The minimum absolute atomic E-state index is 0.0570. The summed E-state index contributed by atoms with van der Waals surface area (Å²) in [5.41, 5.74) is 6.88. The van der Waals surface area contributed by atoms with Gasteiger partial charge in [-0.3, -0.25) is 4.99 Å². The summed E-state index contributed by atoms with van der Waals surface area (Å²) in [6, 6.07) is 7.85. The number of para-hydroxylation sites is 1. The molecule has 1 unspecified atom stereocenters. The molecule has 4 N–H and O–H groups in total. The standard InChI is InChI=1S/C13H20N4O3S/c1-21(18,19)16-8-7-15-13(14)17-11-6-9-20-12-5-3-2-4-10(11)12/h2-5,11,16H,6-9H2,1H3,(H3,14,15,17). The van der Waals surface area contributed by atoms with Gasteiger partial charge in [0, 0.05) is 18.5 Å². The number of nitrogens with one attached hydrogen (secondary N) is 2. The first-order valence-corrected chi connectivity index (χ1v) is 8.57. The lowest BCUT2D eigenvalue weighted by atomic mass is 10.0. The number of rotatable bonds is 5. The van der Waals surface area contributed by atoms with Crippen LogP contribution in [0.5, 0.6) is 5.75 Å². The lowest BCUT2D eigenvalue weighted by Crippen LogP contribution is -2.38. The fraction of sp³-hybridized carbons (Fsp3) is 0.462. The third kappa shape index (κ3) is 4.91. The van der Waals surface area contributed by atoms with Gasteiger partial charge in [-0.25, -0.2) is 13.1 Å². The first-order chi connectivity index (χ1) is 9.96. The Labute approximate surface area is 124 Å². The molecule has 1 aliphatic heterocycles. The number of hydrogen-bond acceptors (Lipinski definition) is 4. The quantitative estimate of drug-likeness (QED) is 0.402. The van der Waals surface area contributed by atoms with Gasteiger partial charge in [0.2, 0.25) is 10.0 Å². The molecule has 0 aromatic heterocycles. The number of ether oxygens (including phenoxy) is 1. The van der Waals surface area contributed by atoms with E-state index in [-0.39, 0.29) is 19.1 Å². The summed E-state index contributed by atoms with van der Waals surface area (Å²) < 4.78 is 29.8. The first kappa shape index (κ1) is 15.6. The van der Waals surface area contributed by atoms with Crippen molar-refractivity contribution in [2.24, 2.45) is 10.7 Å². The molecule has 7 nitrogen and oxygen atoms in total. The molecule has 8 heteroatoms. The molecule has 1 aromatic rings. The molecular formula is C13H20N4O3S. The van der Waals surface area contributed by atoms with Crippen LogP contribution in [0.25, 0.3) is 0 Å². The van der Waals surface area contributed by atoms with Gasteiger partial charge < -0.3 is 15.8 Å². The molecule has 0 radical (unpaired) electrons. The summed E-state index contributed by atoms with van der Waals surface area (Å²) >= 11 is 0. The molecule has 1 aliphatic rings. The average molecular weight is 312 g/mol. The number of hydrogen-bond donors (Lipinski definition) is 3. The Bertz CT molecular complexity index is 616. The Morgan fingerprint density at radius 1 is 1.48 bits per heavy atom. The molecular weight excluding hydrogens is 292 g/mol. The summed E-state index contributed by atoms with van der Waals surface area (Å²) in [7, 11) is -3.19. The maximum absolute atomic E-state index is 10.9. The van der Waals surface area contributed by atoms with Gasteiger partial charge in [0.25, 0.3) is 0 Å². The lowest BCUT2D eigenvalue weighted by Gasteiger charge is -2.26. The zero-order valence-corrected chi connectivity index (χ0v) is 12.7. The van der Waals surface area contributed by atoms with Crippen LogP contribution in [-0.2, 0) is 10.0 Å². The van der Waals surface area contributed by atoms with Crippen molar-refractivity contribution in [2.75, 3.05) is 26.0 Å². The maximum Gasteiger partial charge on any atom is 0.208 e. The van der Waals surface area contributed by atoms with Crippen molar-refractivity contribution in [2.45, 2.75) is 12.5 Å². The van der Waals surface area contributed by atoms with Crippen LogP contribution < -0.4 is 20.5 Å². The summed E-state index contributed by atoms with van der Waals surface area (Å²) in [5, 5.41) is 3.14. The largest absolute Gasteiger partial charge is 0.493 e. The second kappa shape index (κ2) is 6.77. The first-order valence-electron chi connectivity index (χ1n) is 6.68. The predicted octanol–water partition coefficient (Wildman–Crippen LogP) is -0.0363. The van der Waals surface area contributed by atoms with Crippen molar-refractivity contribution in [3.8, 4) is 5.75 Å². The molecule has 116 valence electrons. The van der Waals surface area contributed by atoms with Crippen molar-refractivity contribution in [1.29, 1.82) is 0 Å². The Morgan fingerprint density at radius 3 is 3.00 bits per heavy atom. The van der Waals surface area contributed by atoms with E-state index in [4.69, 9.17) is 10.5 Å². The number of aliphatic imine (C=N–C) groups is 1. The molecule has 1 heterocycles. The lowest BCUT2D eigenvalue weighted by molar-refractivity contribution is 0.262. The van der Waals surface area contributed by atoms with Gasteiger partial charge in [0.05, 0.1) is 25.4 Å². The topological polar surface area (TPSA) is 106 Å². The third-order valence-electron chi connectivity index (χ3n) is 3.04. The van der Waals surface area contributed by atoms with E-state index in [2.05, 4.69) is 15.0 Å². The zero-order chi connectivity index (χ0) is 15.3. The van der Waals surface area contributed by atoms with Crippen molar-refractivity contribution >= 4 is 16.0 Å². The zero-order valence-electron chi connectivity index (χ0n) is 11.9. The van der Waals surface area contributed by atoms with E-state index in [1.54, 1.807) is 0 Å². The van der Waals surface area contributed by atoms with Gasteiger partial charge >= 0.3 is 0 Å². The molecule has 0 spiro atoms. The van der Waals surface area contributed by atoms with E-state index in [1.807, 2.05) is 24.3 Å². The Balaban J connectivity index is 1.90. The highest BCUT2D eigenvalue weighted by molar-refractivity contribution is 7.88. The third-order valence-corrected chi connectivity index (χ3v) is 3.77. The van der Waals surface area contributed by atoms with Gasteiger partial charge in [-0.1, -0.05) is 18.2 Å². The Morgan fingerprint density at radius 2 is 2.24 bits per heavy atom. The van der Waals surface area contributed by atoms with Crippen molar-refractivity contribution < 1.29 is 13.2 Å². The van der Waals surface area contributed by atoms with Crippen molar-refractivity contribution in [3.05, 3.63) is 29.8 Å². The van der Waals surface area contributed by atoms with E-state index in [0.29, 0.717) is 12.6 Å². The second-order valence-corrected chi connectivity index (χ2v) is 6.64. The molecule has 0 saturated heterocycles. The number of nitrogens with two attached hydrogens (primary N) is 1. The molecule has 0 amide bonds. The van der Waals surface area contributed by atoms with Gasteiger partial charge in [-0.15, -0.1) is 0 Å². The van der Waals surface area contributed by atoms with Crippen LogP contribution in [-0.4, -0.2) is 40.3 Å². The van der Waals surface area contributed by atoms with E-state index in [1.165, 1.54) is 0 Å². The summed E-state index contributed by atoms with van der Waals surface area (Å²) in [6.07, 6.45) is 1.91. The number of guanidine groups is 1. The fourth-order valence-electron chi connectivity index (χ4n) is 2.12. The number of nitrogens with zero attached hydrogens (tertiary/aromatic N) is 1. The van der Waals surface area contributed by atoms with Crippen molar-refractivity contribution in [3.63, 3.8) is 0 Å².